The van der Waals surface area contributed by atoms with Crippen molar-refractivity contribution in [1.82, 2.24) is 0 Å². The maximum absolute atomic E-state index is 13.3. The summed E-state index contributed by atoms with van der Waals surface area (Å²) in [4.78, 5) is 0. The topological polar surface area (TPSA) is 9.23 Å². The Bertz CT molecular complexity index is 502. The fraction of sp³-hybridized carbons (Fsp3) is 0.143. The molecule has 0 saturated carbocycles. The highest BCUT2D eigenvalue weighted by molar-refractivity contribution is 6.31. The van der Waals surface area contributed by atoms with Gasteiger partial charge < -0.3 is 4.74 Å². The second kappa shape index (κ2) is 4.76. The summed E-state index contributed by atoms with van der Waals surface area (Å²) in [5.41, 5.74) is 1.58. The predicted octanol–water partition coefficient (Wildman–Crippen LogP) is 4.89. The van der Waals surface area contributed by atoms with E-state index in [0.717, 1.165) is 5.56 Å². The minimum Gasteiger partial charge on any atom is -0.457 e. The number of aryl methyl sites for hydroxylation is 2. The van der Waals surface area contributed by atoms with Gasteiger partial charge in [0.2, 0.25) is 0 Å². The molecular weight excluding hydrogens is 239 g/mol. The summed E-state index contributed by atoms with van der Waals surface area (Å²) in [7, 11) is 0. The van der Waals surface area contributed by atoms with Crippen molar-refractivity contribution >= 4 is 11.6 Å². The number of ether oxygens (including phenoxy) is 1. The third-order valence-electron chi connectivity index (χ3n) is 2.52. The summed E-state index contributed by atoms with van der Waals surface area (Å²) in [5.74, 6) is 0.789. The van der Waals surface area contributed by atoms with Crippen molar-refractivity contribution in [2.75, 3.05) is 0 Å². The maximum Gasteiger partial charge on any atom is 0.130 e. The largest absolute Gasteiger partial charge is 0.457 e. The third-order valence-corrected chi connectivity index (χ3v) is 2.93. The Kier molecular flexibility index (Phi) is 3.34. The average molecular weight is 251 g/mol. The van der Waals surface area contributed by atoms with Crippen LogP contribution in [0.4, 0.5) is 4.39 Å². The SMILES string of the molecule is Cc1ccc(Oc2ccc(C)c(Cl)c2)cc1F. The summed E-state index contributed by atoms with van der Waals surface area (Å²) in [6.45, 7) is 3.62. The lowest BCUT2D eigenvalue weighted by Gasteiger charge is -2.07. The normalized spacial score (nSPS) is 10.4. The summed E-state index contributed by atoms with van der Waals surface area (Å²) in [6, 6.07) is 10.2. The van der Waals surface area contributed by atoms with Crippen molar-refractivity contribution in [2.45, 2.75) is 13.8 Å². The third kappa shape index (κ3) is 2.77. The van der Waals surface area contributed by atoms with Crippen LogP contribution in [0.25, 0.3) is 0 Å². The molecule has 0 atom stereocenters. The Balaban J connectivity index is 2.25. The van der Waals surface area contributed by atoms with E-state index in [0.29, 0.717) is 22.1 Å². The highest BCUT2D eigenvalue weighted by Crippen LogP contribution is 2.27. The van der Waals surface area contributed by atoms with Crippen LogP contribution in [0.1, 0.15) is 11.1 Å². The van der Waals surface area contributed by atoms with E-state index in [1.54, 1.807) is 31.2 Å². The van der Waals surface area contributed by atoms with Crippen LogP contribution < -0.4 is 4.74 Å². The average Bonchev–Trinajstić information content (AvgIpc) is 2.29. The predicted molar refractivity (Wildman–Crippen MR) is 67.4 cm³/mol. The van der Waals surface area contributed by atoms with Crippen LogP contribution >= 0.6 is 11.6 Å². The molecule has 0 aromatic heterocycles. The second-order valence-electron chi connectivity index (χ2n) is 3.92. The monoisotopic (exact) mass is 250 g/mol. The van der Waals surface area contributed by atoms with Gasteiger partial charge in [0.15, 0.2) is 0 Å². The summed E-state index contributed by atoms with van der Waals surface area (Å²) in [6.07, 6.45) is 0. The molecule has 0 spiro atoms. The Morgan fingerprint density at radius 3 is 2.12 bits per heavy atom. The van der Waals surface area contributed by atoms with E-state index < -0.39 is 0 Å². The first-order chi connectivity index (χ1) is 8.06. The molecule has 0 heterocycles. The molecule has 0 aliphatic heterocycles. The van der Waals surface area contributed by atoms with Gasteiger partial charge in [-0.3, -0.25) is 0 Å². The highest BCUT2D eigenvalue weighted by atomic mass is 35.5. The fourth-order valence-corrected chi connectivity index (χ4v) is 1.58. The standard InChI is InChI=1S/C14H12ClFO/c1-9-3-5-11(7-13(9)15)17-12-6-4-10(2)14(16)8-12/h3-8H,1-2H3. The molecule has 0 amide bonds. The van der Waals surface area contributed by atoms with Crippen molar-refractivity contribution in [3.63, 3.8) is 0 Å². The van der Waals surface area contributed by atoms with Crippen LogP contribution in [-0.2, 0) is 0 Å². The van der Waals surface area contributed by atoms with Crippen molar-refractivity contribution in [3.8, 4) is 11.5 Å². The molecule has 2 aromatic rings. The molecule has 1 nitrogen and oxygen atoms in total. The molecular formula is C14H12ClFO. The first-order valence-electron chi connectivity index (χ1n) is 5.26. The first-order valence-corrected chi connectivity index (χ1v) is 5.64. The molecule has 0 radical (unpaired) electrons. The number of hydrogen-bond acceptors (Lipinski definition) is 1. The van der Waals surface area contributed by atoms with Gasteiger partial charge in [-0.1, -0.05) is 23.7 Å². The molecule has 0 aliphatic carbocycles. The van der Waals surface area contributed by atoms with Gasteiger partial charge >= 0.3 is 0 Å². The van der Waals surface area contributed by atoms with Crippen LogP contribution in [0, 0.1) is 19.7 Å². The van der Waals surface area contributed by atoms with Gasteiger partial charge in [-0.25, -0.2) is 4.39 Å². The Morgan fingerprint density at radius 2 is 1.53 bits per heavy atom. The quantitative estimate of drug-likeness (QED) is 0.737. The molecule has 3 heteroatoms. The minimum absolute atomic E-state index is 0.277. The molecule has 0 saturated heterocycles. The molecule has 17 heavy (non-hydrogen) atoms. The van der Waals surface area contributed by atoms with E-state index >= 15 is 0 Å². The van der Waals surface area contributed by atoms with Crippen LogP contribution in [0.5, 0.6) is 11.5 Å². The minimum atomic E-state index is -0.277. The van der Waals surface area contributed by atoms with Crippen LogP contribution in [0.2, 0.25) is 5.02 Å². The second-order valence-corrected chi connectivity index (χ2v) is 4.33. The van der Waals surface area contributed by atoms with Crippen molar-refractivity contribution in [1.29, 1.82) is 0 Å². The van der Waals surface area contributed by atoms with Crippen LogP contribution in [-0.4, -0.2) is 0 Å². The molecule has 0 aliphatic rings. The number of rotatable bonds is 2. The Labute approximate surface area is 105 Å². The van der Waals surface area contributed by atoms with E-state index in [9.17, 15) is 4.39 Å². The van der Waals surface area contributed by atoms with Gasteiger partial charge in [0.1, 0.15) is 17.3 Å². The lowest BCUT2D eigenvalue weighted by molar-refractivity contribution is 0.476. The maximum atomic E-state index is 13.3. The number of halogens is 2. The van der Waals surface area contributed by atoms with Crippen molar-refractivity contribution in [3.05, 3.63) is 58.4 Å². The van der Waals surface area contributed by atoms with Gasteiger partial charge in [-0.15, -0.1) is 0 Å². The van der Waals surface area contributed by atoms with Gasteiger partial charge in [0, 0.05) is 11.1 Å². The van der Waals surface area contributed by atoms with E-state index in [1.165, 1.54) is 6.07 Å². The van der Waals surface area contributed by atoms with E-state index in [1.807, 2.05) is 13.0 Å². The molecule has 0 bridgehead atoms. The lowest BCUT2D eigenvalue weighted by Crippen LogP contribution is -1.88. The summed E-state index contributed by atoms with van der Waals surface area (Å²) < 4.78 is 18.8. The molecule has 88 valence electrons. The van der Waals surface area contributed by atoms with Gasteiger partial charge in [-0.05, 0) is 43.2 Å². The van der Waals surface area contributed by atoms with E-state index in [-0.39, 0.29) is 5.82 Å². The molecule has 0 N–H and O–H groups in total. The van der Waals surface area contributed by atoms with Gasteiger partial charge in [0.25, 0.3) is 0 Å². The molecule has 0 fully saturated rings. The number of benzene rings is 2. The van der Waals surface area contributed by atoms with Crippen LogP contribution in [0.15, 0.2) is 36.4 Å². The van der Waals surface area contributed by atoms with Crippen molar-refractivity contribution in [2.24, 2.45) is 0 Å². The van der Waals surface area contributed by atoms with E-state index in [2.05, 4.69) is 0 Å². The smallest absolute Gasteiger partial charge is 0.130 e. The zero-order valence-corrected chi connectivity index (χ0v) is 10.4. The summed E-state index contributed by atoms with van der Waals surface area (Å²) in [5, 5.41) is 0.634. The van der Waals surface area contributed by atoms with Gasteiger partial charge in [-0.2, -0.15) is 0 Å². The lowest BCUT2D eigenvalue weighted by atomic mass is 10.2. The number of hydrogen-bond donors (Lipinski definition) is 0. The Hall–Kier alpha value is -1.54. The first kappa shape index (κ1) is 11.9. The molecule has 0 unspecified atom stereocenters. The molecule has 2 rings (SSSR count). The van der Waals surface area contributed by atoms with E-state index in [4.69, 9.17) is 16.3 Å². The molecule has 2 aromatic carbocycles. The zero-order valence-electron chi connectivity index (χ0n) is 9.63. The fourth-order valence-electron chi connectivity index (χ4n) is 1.41. The zero-order chi connectivity index (χ0) is 12.4. The van der Waals surface area contributed by atoms with Crippen molar-refractivity contribution < 1.29 is 9.13 Å². The Morgan fingerprint density at radius 1 is 0.941 bits per heavy atom. The summed E-state index contributed by atoms with van der Waals surface area (Å²) >= 11 is 5.98. The highest BCUT2D eigenvalue weighted by Gasteiger charge is 2.03. The van der Waals surface area contributed by atoms with Gasteiger partial charge in [0.05, 0.1) is 0 Å². The van der Waals surface area contributed by atoms with Crippen LogP contribution in [0.3, 0.4) is 0 Å².